The van der Waals surface area contributed by atoms with Gasteiger partial charge in [0.05, 0.1) is 13.7 Å². The minimum atomic E-state index is -2.12. The third-order valence-corrected chi connectivity index (χ3v) is 6.69. The van der Waals surface area contributed by atoms with Crippen LogP contribution in [0.15, 0.2) is 29.2 Å². The molecule has 0 spiro atoms. The normalized spacial score (nSPS) is 20.1. The van der Waals surface area contributed by atoms with Crippen LogP contribution in [-0.2, 0) is 17.7 Å². The summed E-state index contributed by atoms with van der Waals surface area (Å²) in [7, 11) is 1.45. The standard InChI is InChI=1S/C26H35N5O7/c1-25(2,3)38-24(35)31-14-16-9-21(33)27-12-17(16)11-26(31,36)19(32)13-28-23(34)15-8-20(29-18-6-5-7-18)30-22(10-15)37-4/h8-10,12,18-19,32,36H,5-7,11,13-14H2,1-4H3,(H,27,33)(H,28,34)(H,29,30)/t19-,26+/m1/s1. The van der Waals surface area contributed by atoms with Gasteiger partial charge < -0.3 is 35.3 Å². The number of nitrogens with one attached hydrogen (secondary N) is 3. The molecule has 12 nitrogen and oxygen atoms in total. The van der Waals surface area contributed by atoms with Crippen LogP contribution in [0.1, 0.15) is 61.5 Å². The lowest BCUT2D eigenvalue weighted by Crippen LogP contribution is -2.64. The number of aromatic nitrogens is 2. The first-order valence-corrected chi connectivity index (χ1v) is 12.6. The number of aromatic amines is 1. The molecule has 2 aliphatic rings. The summed E-state index contributed by atoms with van der Waals surface area (Å²) in [6.45, 7) is 4.51. The molecule has 2 atom stereocenters. The maximum atomic E-state index is 13.0. The number of pyridine rings is 2. The molecule has 4 rings (SSSR count). The van der Waals surface area contributed by atoms with Crippen LogP contribution in [-0.4, -0.2) is 74.2 Å². The van der Waals surface area contributed by atoms with Gasteiger partial charge in [0.1, 0.15) is 17.5 Å². The van der Waals surface area contributed by atoms with Crippen LogP contribution in [0.25, 0.3) is 0 Å². The molecule has 1 saturated carbocycles. The highest BCUT2D eigenvalue weighted by Gasteiger charge is 2.49. The van der Waals surface area contributed by atoms with E-state index in [1.165, 1.54) is 25.4 Å². The van der Waals surface area contributed by atoms with Gasteiger partial charge in [-0.3, -0.25) is 14.5 Å². The van der Waals surface area contributed by atoms with Crippen LogP contribution in [0.4, 0.5) is 10.6 Å². The lowest BCUT2D eigenvalue weighted by atomic mass is 9.89. The summed E-state index contributed by atoms with van der Waals surface area (Å²) in [5.74, 6) is 0.245. The molecule has 0 unspecified atom stereocenters. The number of fused-ring (bicyclic) bond motifs is 1. The number of carbonyl (C=O) groups excluding carboxylic acids is 2. The quantitative estimate of drug-likeness (QED) is 0.357. The van der Waals surface area contributed by atoms with Gasteiger partial charge in [-0.15, -0.1) is 0 Å². The summed E-state index contributed by atoms with van der Waals surface area (Å²) in [5, 5.41) is 28.6. The average molecular weight is 530 g/mol. The molecule has 3 heterocycles. The van der Waals surface area contributed by atoms with Crippen LogP contribution in [0, 0.1) is 0 Å². The molecule has 2 amide bonds. The van der Waals surface area contributed by atoms with Crippen molar-refractivity contribution in [1.82, 2.24) is 20.2 Å². The zero-order valence-electron chi connectivity index (χ0n) is 22.0. The molecule has 5 N–H and O–H groups in total. The smallest absolute Gasteiger partial charge is 0.412 e. The van der Waals surface area contributed by atoms with Gasteiger partial charge in [-0.2, -0.15) is 4.98 Å². The van der Waals surface area contributed by atoms with E-state index in [1.54, 1.807) is 26.8 Å². The van der Waals surface area contributed by atoms with Crippen LogP contribution in [0.3, 0.4) is 0 Å². The molecule has 0 bridgehead atoms. The Balaban J connectivity index is 1.53. The molecular weight excluding hydrogens is 494 g/mol. The van der Waals surface area contributed by atoms with Crippen molar-refractivity contribution >= 4 is 17.8 Å². The van der Waals surface area contributed by atoms with Gasteiger partial charge in [0.15, 0.2) is 5.72 Å². The fourth-order valence-electron chi connectivity index (χ4n) is 4.41. The molecule has 2 aromatic rings. The highest BCUT2D eigenvalue weighted by molar-refractivity contribution is 5.95. The number of aliphatic hydroxyl groups is 2. The fourth-order valence-corrected chi connectivity index (χ4v) is 4.41. The van der Waals surface area contributed by atoms with Gasteiger partial charge in [-0.05, 0) is 57.2 Å². The maximum Gasteiger partial charge on any atom is 0.412 e. The first kappa shape index (κ1) is 27.4. The summed E-state index contributed by atoms with van der Waals surface area (Å²) < 4.78 is 10.7. The maximum absolute atomic E-state index is 13.0. The number of methoxy groups -OCH3 is 1. The number of H-pyrrole nitrogens is 1. The third kappa shape index (κ3) is 6.08. The molecule has 38 heavy (non-hydrogen) atoms. The number of hydrogen-bond acceptors (Lipinski definition) is 9. The van der Waals surface area contributed by atoms with E-state index in [1.807, 2.05) is 0 Å². The summed E-state index contributed by atoms with van der Waals surface area (Å²) in [6, 6.07) is 4.71. The number of ether oxygens (including phenoxy) is 2. The van der Waals surface area contributed by atoms with E-state index in [0.717, 1.165) is 24.2 Å². The first-order chi connectivity index (χ1) is 17.9. The van der Waals surface area contributed by atoms with Crippen LogP contribution in [0.5, 0.6) is 5.88 Å². The topological polar surface area (TPSA) is 166 Å². The zero-order valence-corrected chi connectivity index (χ0v) is 22.0. The number of rotatable bonds is 7. The number of aliphatic hydroxyl groups excluding tert-OH is 1. The molecule has 12 heteroatoms. The summed E-state index contributed by atoms with van der Waals surface area (Å²) >= 11 is 0. The number of nitrogens with zero attached hydrogens (tertiary/aromatic N) is 2. The first-order valence-electron chi connectivity index (χ1n) is 12.6. The Kier molecular flexibility index (Phi) is 7.65. The van der Waals surface area contributed by atoms with Crippen LogP contribution < -0.4 is 20.9 Å². The van der Waals surface area contributed by atoms with Crippen molar-refractivity contribution in [3.05, 3.63) is 51.4 Å². The number of hydrogen-bond donors (Lipinski definition) is 5. The van der Waals surface area contributed by atoms with Gasteiger partial charge in [0.2, 0.25) is 11.4 Å². The number of carbonyl (C=O) groups is 2. The second kappa shape index (κ2) is 10.6. The monoisotopic (exact) mass is 529 g/mol. The minimum Gasteiger partial charge on any atom is -0.481 e. The Morgan fingerprint density at radius 3 is 2.63 bits per heavy atom. The third-order valence-electron chi connectivity index (χ3n) is 6.69. The van der Waals surface area contributed by atoms with Crippen LogP contribution in [0.2, 0.25) is 0 Å². The van der Waals surface area contributed by atoms with E-state index >= 15 is 0 Å². The van der Waals surface area contributed by atoms with Gasteiger partial charge >= 0.3 is 6.09 Å². The summed E-state index contributed by atoms with van der Waals surface area (Å²) in [4.78, 5) is 45.8. The Bertz CT molecular complexity index is 1250. The van der Waals surface area contributed by atoms with E-state index in [9.17, 15) is 24.6 Å². The van der Waals surface area contributed by atoms with Gasteiger partial charge in [-0.1, -0.05) is 0 Å². The average Bonchev–Trinajstić information content (AvgIpc) is 2.83. The SMILES string of the molecule is COc1cc(C(=O)NC[C@@H](O)[C@@]2(O)Cc3c[nH]c(=O)cc3CN2C(=O)OC(C)(C)C)cc(NC2CCC2)n1. The van der Waals surface area contributed by atoms with Crippen molar-refractivity contribution in [2.45, 2.75) is 76.5 Å². The van der Waals surface area contributed by atoms with Crippen molar-refractivity contribution in [2.75, 3.05) is 19.0 Å². The van der Waals surface area contributed by atoms with Crippen molar-refractivity contribution in [3.63, 3.8) is 0 Å². The second-order valence-corrected chi connectivity index (χ2v) is 10.8. The molecule has 1 aliphatic heterocycles. The molecule has 0 radical (unpaired) electrons. The molecular formula is C26H35N5O7. The van der Waals surface area contributed by atoms with Crippen LogP contribution >= 0.6 is 0 Å². The predicted octanol–water partition coefficient (Wildman–Crippen LogP) is 1.52. The number of amides is 2. The molecule has 0 saturated heterocycles. The largest absolute Gasteiger partial charge is 0.481 e. The van der Waals surface area contributed by atoms with E-state index in [-0.39, 0.29) is 36.5 Å². The molecule has 1 aliphatic carbocycles. The minimum absolute atomic E-state index is 0.159. The fraction of sp³-hybridized carbons (Fsp3) is 0.538. The molecule has 0 aromatic carbocycles. The summed E-state index contributed by atoms with van der Waals surface area (Å²) in [5.41, 5.74) is -2.00. The zero-order chi connectivity index (χ0) is 27.7. The van der Waals surface area contributed by atoms with Gasteiger partial charge in [0, 0.05) is 42.9 Å². The van der Waals surface area contributed by atoms with E-state index in [0.29, 0.717) is 23.0 Å². The number of anilines is 1. The van der Waals surface area contributed by atoms with Crippen molar-refractivity contribution in [1.29, 1.82) is 0 Å². The van der Waals surface area contributed by atoms with Crippen molar-refractivity contribution < 1.29 is 29.3 Å². The van der Waals surface area contributed by atoms with E-state index in [2.05, 4.69) is 20.6 Å². The molecule has 206 valence electrons. The van der Waals surface area contributed by atoms with Crippen molar-refractivity contribution in [3.8, 4) is 5.88 Å². The highest BCUT2D eigenvalue weighted by atomic mass is 16.6. The predicted molar refractivity (Wildman–Crippen MR) is 138 cm³/mol. The van der Waals surface area contributed by atoms with E-state index in [4.69, 9.17) is 9.47 Å². The Labute approximate surface area is 220 Å². The Morgan fingerprint density at radius 1 is 1.26 bits per heavy atom. The van der Waals surface area contributed by atoms with Gasteiger partial charge in [-0.25, -0.2) is 4.79 Å². The molecule has 1 fully saturated rings. The Morgan fingerprint density at radius 2 is 2.00 bits per heavy atom. The lowest BCUT2D eigenvalue weighted by molar-refractivity contribution is -0.177. The molecule has 2 aromatic heterocycles. The van der Waals surface area contributed by atoms with Crippen molar-refractivity contribution in [2.24, 2.45) is 0 Å². The highest BCUT2D eigenvalue weighted by Crippen LogP contribution is 2.32. The summed E-state index contributed by atoms with van der Waals surface area (Å²) in [6.07, 6.45) is 2.00. The Hall–Kier alpha value is -3.64. The van der Waals surface area contributed by atoms with E-state index < -0.39 is 29.4 Å². The second-order valence-electron chi connectivity index (χ2n) is 10.8. The van der Waals surface area contributed by atoms with Gasteiger partial charge in [0.25, 0.3) is 5.91 Å². The lowest BCUT2D eigenvalue weighted by Gasteiger charge is -2.46.